The van der Waals surface area contributed by atoms with E-state index in [9.17, 15) is 0 Å². The minimum Gasteiger partial charge on any atom is -0.356 e. The summed E-state index contributed by atoms with van der Waals surface area (Å²) < 4.78 is 0. The van der Waals surface area contributed by atoms with Gasteiger partial charge in [-0.1, -0.05) is 171 Å². The Morgan fingerprint density at radius 1 is 0.431 bits per heavy atom. The van der Waals surface area contributed by atoms with Crippen LogP contribution in [0.4, 0.5) is 51.2 Å². The van der Waals surface area contributed by atoms with Gasteiger partial charge in [-0.05, 0) is 140 Å². The molecule has 0 spiro atoms. The molecule has 4 nitrogen and oxygen atoms in total. The Kier molecular flexibility index (Phi) is 17.0. The van der Waals surface area contributed by atoms with Crippen molar-refractivity contribution in [1.82, 2.24) is 0 Å². The standard InChI is InChI=1S/C48H40N4.C7H12.C6H6/c1-5-13-39(14-6-1)49-41-25-33-47(34-26-41)51(43-17-9-3-10-18-43)45-29-21-37(22-30-45)38-23-31-46(32-24-38)52(44-19-11-4-12-20-44)48-35-27-42(28-36-48)50-40-15-7-2-8-16-40;1-3-5-7-6-4-2;1-2-4-6-5-3-1/h1-19,21-36,44,49-50H,20H2;3,5-7H,4H2,1-2H3;1-6H/b;5-3-,7-6-;. The fourth-order valence-electron chi connectivity index (χ4n) is 7.42. The van der Waals surface area contributed by atoms with E-state index in [1.807, 2.05) is 91.9 Å². The fourth-order valence-corrected chi connectivity index (χ4v) is 7.42. The number of benzene rings is 8. The first-order chi connectivity index (χ1) is 32.2. The second kappa shape index (κ2) is 24.5. The minimum absolute atomic E-state index is 0.232. The van der Waals surface area contributed by atoms with E-state index < -0.39 is 0 Å². The third-order valence-corrected chi connectivity index (χ3v) is 10.6. The molecule has 8 aromatic carbocycles. The van der Waals surface area contributed by atoms with Crippen LogP contribution < -0.4 is 20.4 Å². The maximum absolute atomic E-state index is 3.51. The molecule has 4 heteroatoms. The van der Waals surface area contributed by atoms with Crippen molar-refractivity contribution < 1.29 is 0 Å². The molecule has 1 unspecified atom stereocenters. The zero-order chi connectivity index (χ0) is 44.7. The van der Waals surface area contributed by atoms with Gasteiger partial charge in [0.25, 0.3) is 0 Å². The van der Waals surface area contributed by atoms with E-state index in [0.29, 0.717) is 0 Å². The number of nitrogens with zero attached hydrogens (tertiary/aromatic N) is 2. The molecule has 1 atom stereocenters. The highest BCUT2D eigenvalue weighted by atomic mass is 15.2. The molecule has 0 bridgehead atoms. The zero-order valence-corrected chi connectivity index (χ0v) is 37.4. The van der Waals surface area contributed by atoms with Crippen LogP contribution in [0, 0.1) is 0 Å². The molecule has 0 saturated carbocycles. The summed E-state index contributed by atoms with van der Waals surface area (Å²) in [6.45, 7) is 4.14. The zero-order valence-electron chi connectivity index (χ0n) is 37.4. The number of hydrogen-bond donors (Lipinski definition) is 2. The van der Waals surface area contributed by atoms with Gasteiger partial charge in [-0.25, -0.2) is 0 Å². The molecule has 322 valence electrons. The SMILES string of the molecule is C/C=C\C=C/CC.C1=CCC(N(c2ccc(Nc3ccccc3)cc2)c2ccc(-c3ccc(N(c4ccccc4)c4ccc(Nc5ccccc5)cc4)cc3)cc2)C=C1.c1ccccc1. The van der Waals surface area contributed by atoms with Crippen LogP contribution in [0.25, 0.3) is 11.1 Å². The summed E-state index contributed by atoms with van der Waals surface area (Å²) in [4.78, 5) is 4.72. The largest absolute Gasteiger partial charge is 0.356 e. The van der Waals surface area contributed by atoms with Crippen molar-refractivity contribution in [2.24, 2.45) is 0 Å². The molecule has 2 N–H and O–H groups in total. The van der Waals surface area contributed by atoms with Crippen LogP contribution >= 0.6 is 0 Å². The molecule has 65 heavy (non-hydrogen) atoms. The summed E-state index contributed by atoms with van der Waals surface area (Å²) in [5, 5.41) is 7.00. The molecule has 0 aliphatic heterocycles. The Balaban J connectivity index is 0.000000421. The molecule has 9 rings (SSSR count). The topological polar surface area (TPSA) is 30.5 Å². The van der Waals surface area contributed by atoms with Gasteiger partial charge in [0, 0.05) is 51.2 Å². The maximum atomic E-state index is 3.51. The number of rotatable bonds is 13. The summed E-state index contributed by atoms with van der Waals surface area (Å²) in [5.41, 5.74) is 12.2. The molecule has 0 amide bonds. The highest BCUT2D eigenvalue weighted by Crippen LogP contribution is 2.38. The van der Waals surface area contributed by atoms with Crippen molar-refractivity contribution >= 4 is 51.2 Å². The van der Waals surface area contributed by atoms with Gasteiger partial charge < -0.3 is 20.4 Å². The average molecular weight is 847 g/mol. The summed E-state index contributed by atoms with van der Waals surface area (Å²) >= 11 is 0. The highest BCUT2D eigenvalue weighted by Gasteiger charge is 2.19. The number of hydrogen-bond acceptors (Lipinski definition) is 4. The van der Waals surface area contributed by atoms with Crippen molar-refractivity contribution in [3.05, 3.63) is 273 Å². The van der Waals surface area contributed by atoms with E-state index in [1.165, 1.54) is 11.1 Å². The van der Waals surface area contributed by atoms with Gasteiger partial charge >= 0.3 is 0 Å². The lowest BCUT2D eigenvalue weighted by Crippen LogP contribution is -2.29. The second-order valence-corrected chi connectivity index (χ2v) is 15.3. The first kappa shape index (κ1) is 45.0. The summed E-state index contributed by atoms with van der Waals surface area (Å²) in [6, 6.07) is 78.4. The smallest absolute Gasteiger partial charge is 0.0559 e. The van der Waals surface area contributed by atoms with E-state index >= 15 is 0 Å². The molecule has 1 aliphatic carbocycles. The third kappa shape index (κ3) is 13.5. The van der Waals surface area contributed by atoms with Gasteiger partial charge in [0.1, 0.15) is 0 Å². The van der Waals surface area contributed by atoms with E-state index in [-0.39, 0.29) is 6.04 Å². The number of nitrogens with one attached hydrogen (secondary N) is 2. The quantitative estimate of drug-likeness (QED) is 0.113. The van der Waals surface area contributed by atoms with E-state index in [4.69, 9.17) is 0 Å². The Bertz CT molecular complexity index is 2650. The molecule has 0 saturated heterocycles. The lowest BCUT2D eigenvalue weighted by Gasteiger charge is -2.33. The van der Waals surface area contributed by atoms with E-state index in [2.05, 4.69) is 215 Å². The van der Waals surface area contributed by atoms with E-state index in [1.54, 1.807) is 0 Å². The normalized spacial score (nSPS) is 12.7. The van der Waals surface area contributed by atoms with Crippen LogP contribution in [-0.2, 0) is 0 Å². The van der Waals surface area contributed by atoms with Gasteiger partial charge in [0.15, 0.2) is 0 Å². The van der Waals surface area contributed by atoms with Crippen molar-refractivity contribution in [1.29, 1.82) is 0 Å². The first-order valence-electron chi connectivity index (χ1n) is 22.5. The number of anilines is 9. The summed E-state index contributed by atoms with van der Waals surface area (Å²) in [6.07, 6.45) is 19.1. The first-order valence-corrected chi connectivity index (χ1v) is 22.5. The van der Waals surface area contributed by atoms with Crippen LogP contribution in [0.1, 0.15) is 26.7 Å². The van der Waals surface area contributed by atoms with Crippen LogP contribution in [0.3, 0.4) is 0 Å². The van der Waals surface area contributed by atoms with Gasteiger partial charge in [-0.3, -0.25) is 0 Å². The fraction of sp³-hybridized carbons (Fsp3) is 0.0820. The van der Waals surface area contributed by atoms with Crippen LogP contribution in [0.5, 0.6) is 0 Å². The molecule has 8 aromatic rings. The Labute approximate surface area is 386 Å². The Hall–Kier alpha value is -8.08. The minimum atomic E-state index is 0.232. The Morgan fingerprint density at radius 2 is 0.815 bits per heavy atom. The van der Waals surface area contributed by atoms with Crippen LogP contribution in [-0.4, -0.2) is 6.04 Å². The lowest BCUT2D eigenvalue weighted by atomic mass is 10.0. The van der Waals surface area contributed by atoms with Crippen molar-refractivity contribution in [2.75, 3.05) is 20.4 Å². The molecular weight excluding hydrogens is 789 g/mol. The van der Waals surface area contributed by atoms with Gasteiger partial charge in [-0.2, -0.15) is 0 Å². The van der Waals surface area contributed by atoms with Crippen LogP contribution in [0.2, 0.25) is 0 Å². The van der Waals surface area contributed by atoms with Gasteiger partial charge in [0.05, 0.1) is 6.04 Å². The monoisotopic (exact) mass is 846 g/mol. The van der Waals surface area contributed by atoms with Gasteiger partial charge in [0.2, 0.25) is 0 Å². The van der Waals surface area contributed by atoms with Crippen molar-refractivity contribution in [3.8, 4) is 11.1 Å². The van der Waals surface area contributed by atoms with Crippen LogP contribution in [0.15, 0.2) is 273 Å². The van der Waals surface area contributed by atoms with Crippen molar-refractivity contribution in [2.45, 2.75) is 32.7 Å². The summed E-state index contributed by atoms with van der Waals surface area (Å²) in [5.74, 6) is 0. The number of allylic oxidation sites excluding steroid dienone is 6. The third-order valence-electron chi connectivity index (χ3n) is 10.6. The second-order valence-electron chi connectivity index (χ2n) is 15.3. The van der Waals surface area contributed by atoms with Gasteiger partial charge in [-0.15, -0.1) is 0 Å². The molecule has 0 fully saturated rings. The average Bonchev–Trinajstić information content (AvgIpc) is 3.38. The predicted molar refractivity (Wildman–Crippen MR) is 282 cm³/mol. The molecule has 0 heterocycles. The molecule has 0 aromatic heterocycles. The molecule has 1 aliphatic rings. The summed E-state index contributed by atoms with van der Waals surface area (Å²) in [7, 11) is 0. The number of para-hydroxylation sites is 3. The van der Waals surface area contributed by atoms with E-state index in [0.717, 1.165) is 64.0 Å². The molecular formula is C61H58N4. The maximum Gasteiger partial charge on any atom is 0.0559 e. The predicted octanol–water partition coefficient (Wildman–Crippen LogP) is 17.5. The lowest BCUT2D eigenvalue weighted by molar-refractivity contribution is 0.785. The Morgan fingerprint density at radius 3 is 1.25 bits per heavy atom. The highest BCUT2D eigenvalue weighted by molar-refractivity contribution is 5.80. The molecule has 0 radical (unpaired) electrons. The van der Waals surface area contributed by atoms with Crippen molar-refractivity contribution in [3.63, 3.8) is 0 Å².